The van der Waals surface area contributed by atoms with Crippen LogP contribution in [0, 0.1) is 0 Å². The van der Waals surface area contributed by atoms with E-state index in [1.165, 1.54) is 14.1 Å². The number of anilines is 1. The Hall–Kier alpha value is -1.60. The van der Waals surface area contributed by atoms with Crippen LogP contribution in [0.4, 0.5) is 5.69 Å². The SMILES string of the molecule is CN(C)S(=O)(=O)c1ccc(CCC(=O)Nc2cc(Cl)cc(Cl)c2)cc1. The number of hydrogen-bond acceptors (Lipinski definition) is 3. The minimum atomic E-state index is -3.44. The van der Waals surface area contributed by atoms with Gasteiger partial charge in [-0.05, 0) is 42.3 Å². The molecule has 0 fully saturated rings. The molecule has 0 heterocycles. The third-order valence-electron chi connectivity index (χ3n) is 3.49. The van der Waals surface area contributed by atoms with Crippen LogP contribution in [0.15, 0.2) is 47.4 Å². The fourth-order valence-corrected chi connectivity index (χ4v) is 3.57. The zero-order valence-electron chi connectivity index (χ0n) is 13.8. The molecule has 1 amide bonds. The summed E-state index contributed by atoms with van der Waals surface area (Å²) >= 11 is 11.8. The van der Waals surface area contributed by atoms with Crippen molar-refractivity contribution in [2.45, 2.75) is 17.7 Å². The first-order valence-corrected chi connectivity index (χ1v) is 9.65. The minimum absolute atomic E-state index is 0.177. The van der Waals surface area contributed by atoms with Gasteiger partial charge in [0.25, 0.3) is 0 Å². The number of carbonyl (C=O) groups is 1. The summed E-state index contributed by atoms with van der Waals surface area (Å²) in [4.78, 5) is 12.2. The summed E-state index contributed by atoms with van der Waals surface area (Å²) < 4.78 is 25.2. The first-order chi connectivity index (χ1) is 11.7. The molecule has 0 spiro atoms. The van der Waals surface area contributed by atoms with Gasteiger partial charge in [-0.2, -0.15) is 0 Å². The van der Waals surface area contributed by atoms with Gasteiger partial charge in [-0.15, -0.1) is 0 Å². The van der Waals surface area contributed by atoms with Gasteiger partial charge >= 0.3 is 0 Å². The van der Waals surface area contributed by atoms with Crippen molar-refractivity contribution in [2.24, 2.45) is 0 Å². The van der Waals surface area contributed by atoms with Gasteiger partial charge in [0.1, 0.15) is 0 Å². The molecule has 5 nitrogen and oxygen atoms in total. The molecule has 0 atom stereocenters. The highest BCUT2D eigenvalue weighted by atomic mass is 35.5. The lowest BCUT2D eigenvalue weighted by Crippen LogP contribution is -2.22. The fourth-order valence-electron chi connectivity index (χ4n) is 2.15. The van der Waals surface area contributed by atoms with Crippen molar-refractivity contribution in [3.05, 3.63) is 58.1 Å². The zero-order chi connectivity index (χ0) is 18.6. The van der Waals surface area contributed by atoms with Crippen LogP contribution < -0.4 is 5.32 Å². The smallest absolute Gasteiger partial charge is 0.242 e. The predicted octanol–water partition coefficient (Wildman–Crippen LogP) is 3.82. The van der Waals surface area contributed by atoms with Crippen LogP contribution >= 0.6 is 23.2 Å². The van der Waals surface area contributed by atoms with E-state index in [0.29, 0.717) is 22.2 Å². The average molecular weight is 401 g/mol. The number of nitrogens with one attached hydrogen (secondary N) is 1. The van der Waals surface area contributed by atoms with Crippen molar-refractivity contribution in [1.29, 1.82) is 0 Å². The van der Waals surface area contributed by atoms with Crippen LogP contribution in [0.1, 0.15) is 12.0 Å². The van der Waals surface area contributed by atoms with Gasteiger partial charge < -0.3 is 5.32 Å². The van der Waals surface area contributed by atoms with E-state index in [2.05, 4.69) is 5.32 Å². The molecule has 0 saturated carbocycles. The maximum Gasteiger partial charge on any atom is 0.242 e. The molecule has 0 aliphatic rings. The van der Waals surface area contributed by atoms with Crippen molar-refractivity contribution in [3.63, 3.8) is 0 Å². The molecule has 0 aromatic heterocycles. The molecule has 25 heavy (non-hydrogen) atoms. The molecule has 0 aliphatic heterocycles. The number of nitrogens with zero attached hydrogens (tertiary/aromatic N) is 1. The van der Waals surface area contributed by atoms with Gasteiger partial charge in [0, 0.05) is 36.2 Å². The standard InChI is InChI=1S/C17H18Cl2N2O3S/c1-21(2)25(23,24)16-6-3-12(4-7-16)5-8-17(22)20-15-10-13(18)9-14(19)11-15/h3-4,6-7,9-11H,5,8H2,1-2H3,(H,20,22). The molecule has 2 aromatic rings. The molecule has 0 radical (unpaired) electrons. The second-order valence-electron chi connectivity index (χ2n) is 5.64. The van der Waals surface area contributed by atoms with Gasteiger partial charge in [-0.3, -0.25) is 4.79 Å². The van der Waals surface area contributed by atoms with Gasteiger partial charge in [-0.25, -0.2) is 12.7 Å². The summed E-state index contributed by atoms with van der Waals surface area (Å²) in [7, 11) is -0.481. The van der Waals surface area contributed by atoms with Gasteiger partial charge in [-0.1, -0.05) is 35.3 Å². The van der Waals surface area contributed by atoms with Crippen molar-refractivity contribution in [2.75, 3.05) is 19.4 Å². The van der Waals surface area contributed by atoms with Crippen LogP contribution in [0.2, 0.25) is 10.0 Å². The number of hydrogen-bond donors (Lipinski definition) is 1. The second kappa shape index (κ2) is 8.19. The summed E-state index contributed by atoms with van der Waals surface area (Å²) in [6.07, 6.45) is 0.742. The fraction of sp³-hybridized carbons (Fsp3) is 0.235. The molecule has 2 rings (SSSR count). The molecule has 0 unspecified atom stereocenters. The Labute approximate surface area is 157 Å². The Balaban J connectivity index is 1.96. The van der Waals surface area contributed by atoms with Crippen LogP contribution in [-0.2, 0) is 21.2 Å². The molecule has 8 heteroatoms. The molecule has 134 valence electrons. The number of carbonyl (C=O) groups excluding carboxylic acids is 1. The number of sulfonamides is 1. The van der Waals surface area contributed by atoms with Gasteiger partial charge in [0.2, 0.25) is 15.9 Å². The third kappa shape index (κ3) is 5.44. The Morgan fingerprint density at radius 2 is 1.60 bits per heavy atom. The highest BCUT2D eigenvalue weighted by Gasteiger charge is 2.16. The molecular formula is C17H18Cl2N2O3S. The molecule has 2 aromatic carbocycles. The van der Waals surface area contributed by atoms with Crippen molar-refractivity contribution in [3.8, 4) is 0 Å². The zero-order valence-corrected chi connectivity index (χ0v) is 16.1. The van der Waals surface area contributed by atoms with Crippen molar-refractivity contribution in [1.82, 2.24) is 4.31 Å². The largest absolute Gasteiger partial charge is 0.326 e. The number of halogens is 2. The predicted molar refractivity (Wildman–Crippen MR) is 101 cm³/mol. The molecule has 0 aliphatic carbocycles. The Morgan fingerprint density at radius 1 is 1.04 bits per heavy atom. The molecule has 1 N–H and O–H groups in total. The number of rotatable bonds is 6. The maximum absolute atomic E-state index is 12.0. The van der Waals surface area contributed by atoms with E-state index in [1.54, 1.807) is 42.5 Å². The van der Waals surface area contributed by atoms with Crippen LogP contribution in [0.25, 0.3) is 0 Å². The summed E-state index contributed by atoms with van der Waals surface area (Å²) in [5, 5.41) is 3.62. The summed E-state index contributed by atoms with van der Waals surface area (Å²) in [5.74, 6) is -0.177. The van der Waals surface area contributed by atoms with E-state index in [-0.39, 0.29) is 17.2 Å². The van der Waals surface area contributed by atoms with Crippen LogP contribution in [0.3, 0.4) is 0 Å². The average Bonchev–Trinajstić information content (AvgIpc) is 2.52. The third-order valence-corrected chi connectivity index (χ3v) is 5.75. The van der Waals surface area contributed by atoms with Crippen molar-refractivity contribution >= 4 is 44.8 Å². The van der Waals surface area contributed by atoms with E-state index in [1.807, 2.05) is 0 Å². The van der Waals surface area contributed by atoms with E-state index in [0.717, 1.165) is 9.87 Å². The maximum atomic E-state index is 12.0. The molecular weight excluding hydrogens is 383 g/mol. The van der Waals surface area contributed by atoms with E-state index in [9.17, 15) is 13.2 Å². The van der Waals surface area contributed by atoms with E-state index in [4.69, 9.17) is 23.2 Å². The topological polar surface area (TPSA) is 66.5 Å². The lowest BCUT2D eigenvalue weighted by Gasteiger charge is -2.11. The van der Waals surface area contributed by atoms with Crippen LogP contribution in [0.5, 0.6) is 0 Å². The lowest BCUT2D eigenvalue weighted by atomic mass is 10.1. The summed E-state index contributed by atoms with van der Waals surface area (Å²) in [5.41, 5.74) is 1.41. The van der Waals surface area contributed by atoms with Gasteiger partial charge in [0.15, 0.2) is 0 Å². The van der Waals surface area contributed by atoms with Gasteiger partial charge in [0.05, 0.1) is 4.90 Å². The van der Waals surface area contributed by atoms with Crippen molar-refractivity contribution < 1.29 is 13.2 Å². The van der Waals surface area contributed by atoms with E-state index < -0.39 is 10.0 Å². The summed E-state index contributed by atoms with van der Waals surface area (Å²) in [6, 6.07) is 11.3. The molecule has 0 saturated heterocycles. The second-order valence-corrected chi connectivity index (χ2v) is 8.66. The Morgan fingerprint density at radius 3 is 2.12 bits per heavy atom. The number of benzene rings is 2. The lowest BCUT2D eigenvalue weighted by molar-refractivity contribution is -0.116. The number of amides is 1. The quantitative estimate of drug-likeness (QED) is 0.801. The Bertz CT molecular complexity index is 846. The van der Waals surface area contributed by atoms with Crippen LogP contribution in [-0.4, -0.2) is 32.7 Å². The minimum Gasteiger partial charge on any atom is -0.326 e. The monoisotopic (exact) mass is 400 g/mol. The number of aryl methyl sites for hydroxylation is 1. The highest BCUT2D eigenvalue weighted by Crippen LogP contribution is 2.22. The van der Waals surface area contributed by atoms with E-state index >= 15 is 0 Å². The summed E-state index contributed by atoms with van der Waals surface area (Å²) in [6.45, 7) is 0. The Kier molecular flexibility index (Phi) is 6.46. The highest BCUT2D eigenvalue weighted by molar-refractivity contribution is 7.89. The molecule has 0 bridgehead atoms. The normalized spacial score (nSPS) is 11.6. The first-order valence-electron chi connectivity index (χ1n) is 7.46. The first kappa shape index (κ1) is 19.7.